The normalized spacial score (nSPS) is 10.8. The topological polar surface area (TPSA) is 85.6 Å². The van der Waals surface area contributed by atoms with Gasteiger partial charge in [0, 0.05) is 17.2 Å². The minimum Gasteiger partial charge on any atom is -0.494 e. The standard InChI is InChI=1S/C23H18ClN3O4S/c1-14-16(9-6-10-18(14)27(29)30)22(28)26(13-15-7-4-3-5-8-15)23-25-20-19(31-2)12-11-17(24)21(20)32-23/h3-12H,13H2,1-2H3. The number of carbonyl (C=O) groups excluding carboxylic acids is 1. The summed E-state index contributed by atoms with van der Waals surface area (Å²) in [5.41, 5.74) is 1.89. The molecule has 162 valence electrons. The van der Waals surface area contributed by atoms with Crippen LogP contribution in [0.15, 0.2) is 60.7 Å². The van der Waals surface area contributed by atoms with Crippen molar-refractivity contribution in [3.8, 4) is 5.75 Å². The second-order valence-corrected chi connectivity index (χ2v) is 8.39. The van der Waals surface area contributed by atoms with Gasteiger partial charge in [-0.2, -0.15) is 0 Å². The van der Waals surface area contributed by atoms with Crippen LogP contribution in [-0.2, 0) is 6.54 Å². The molecule has 0 unspecified atom stereocenters. The van der Waals surface area contributed by atoms with Crippen molar-refractivity contribution in [2.75, 3.05) is 12.0 Å². The van der Waals surface area contributed by atoms with Gasteiger partial charge < -0.3 is 4.74 Å². The average molecular weight is 468 g/mol. The number of aromatic nitrogens is 1. The highest BCUT2D eigenvalue weighted by atomic mass is 35.5. The van der Waals surface area contributed by atoms with Gasteiger partial charge in [0.25, 0.3) is 11.6 Å². The lowest BCUT2D eigenvalue weighted by atomic mass is 10.1. The van der Waals surface area contributed by atoms with Crippen molar-refractivity contribution in [2.45, 2.75) is 13.5 Å². The molecule has 9 heteroatoms. The molecule has 0 aliphatic heterocycles. The van der Waals surface area contributed by atoms with Crippen LogP contribution in [-0.4, -0.2) is 22.9 Å². The molecule has 32 heavy (non-hydrogen) atoms. The summed E-state index contributed by atoms with van der Waals surface area (Å²) < 4.78 is 6.10. The molecule has 3 aromatic carbocycles. The Morgan fingerprint density at radius 3 is 2.59 bits per heavy atom. The number of thiazole rings is 1. The predicted molar refractivity (Wildman–Crippen MR) is 126 cm³/mol. The quantitative estimate of drug-likeness (QED) is 0.255. The molecular formula is C23H18ClN3O4S. The highest BCUT2D eigenvalue weighted by Crippen LogP contribution is 2.39. The largest absolute Gasteiger partial charge is 0.494 e. The summed E-state index contributed by atoms with van der Waals surface area (Å²) in [5, 5.41) is 12.3. The van der Waals surface area contributed by atoms with E-state index in [4.69, 9.17) is 16.3 Å². The van der Waals surface area contributed by atoms with Crippen molar-refractivity contribution >= 4 is 49.9 Å². The van der Waals surface area contributed by atoms with Crippen LogP contribution in [0.3, 0.4) is 0 Å². The number of halogens is 1. The Kier molecular flexibility index (Phi) is 6.07. The smallest absolute Gasteiger partial charge is 0.273 e. The SMILES string of the molecule is COc1ccc(Cl)c2sc(N(Cc3ccccc3)C(=O)c3cccc([N+](=O)[O-])c3C)nc12. The van der Waals surface area contributed by atoms with E-state index in [0.29, 0.717) is 31.7 Å². The van der Waals surface area contributed by atoms with E-state index in [-0.39, 0.29) is 23.7 Å². The molecule has 0 spiro atoms. The van der Waals surface area contributed by atoms with E-state index < -0.39 is 4.92 Å². The fourth-order valence-corrected chi connectivity index (χ4v) is 4.67. The third kappa shape index (κ3) is 4.02. The molecule has 0 aliphatic carbocycles. The van der Waals surface area contributed by atoms with Gasteiger partial charge in [-0.25, -0.2) is 4.98 Å². The lowest BCUT2D eigenvalue weighted by Gasteiger charge is -2.21. The van der Waals surface area contributed by atoms with Crippen LogP contribution in [0.1, 0.15) is 21.5 Å². The minimum absolute atomic E-state index is 0.107. The Morgan fingerprint density at radius 2 is 1.91 bits per heavy atom. The van der Waals surface area contributed by atoms with Gasteiger partial charge in [-0.1, -0.05) is 59.3 Å². The number of anilines is 1. The number of carbonyl (C=O) groups is 1. The third-order valence-electron chi connectivity index (χ3n) is 5.06. The van der Waals surface area contributed by atoms with E-state index in [2.05, 4.69) is 4.98 Å². The number of hydrogen-bond donors (Lipinski definition) is 0. The number of fused-ring (bicyclic) bond motifs is 1. The number of amides is 1. The molecule has 0 fully saturated rings. The van der Waals surface area contributed by atoms with Gasteiger partial charge in [0.15, 0.2) is 5.13 Å². The zero-order valence-corrected chi connectivity index (χ0v) is 18.8. The first-order valence-corrected chi connectivity index (χ1v) is 10.8. The minimum atomic E-state index is -0.490. The van der Waals surface area contributed by atoms with E-state index in [0.717, 1.165) is 5.56 Å². The van der Waals surface area contributed by atoms with Gasteiger partial charge in [-0.3, -0.25) is 19.8 Å². The highest BCUT2D eigenvalue weighted by Gasteiger charge is 2.27. The van der Waals surface area contributed by atoms with Crippen LogP contribution in [0.5, 0.6) is 5.75 Å². The third-order valence-corrected chi connectivity index (χ3v) is 6.60. The maximum atomic E-state index is 13.7. The summed E-state index contributed by atoms with van der Waals surface area (Å²) in [5.74, 6) is 0.162. The number of nitrogens with zero attached hydrogens (tertiary/aromatic N) is 3. The number of benzene rings is 3. The lowest BCUT2D eigenvalue weighted by molar-refractivity contribution is -0.385. The number of ether oxygens (including phenoxy) is 1. The van der Waals surface area contributed by atoms with Crippen LogP contribution < -0.4 is 9.64 Å². The monoisotopic (exact) mass is 467 g/mol. The first-order valence-electron chi connectivity index (χ1n) is 9.63. The van der Waals surface area contributed by atoms with Gasteiger partial charge in [0.05, 0.1) is 28.3 Å². The first-order chi connectivity index (χ1) is 15.4. The molecule has 1 aromatic heterocycles. The van der Waals surface area contributed by atoms with Crippen molar-refractivity contribution in [3.05, 3.63) is 92.5 Å². The summed E-state index contributed by atoms with van der Waals surface area (Å²) in [4.78, 5) is 30.7. The van der Waals surface area contributed by atoms with Crippen molar-refractivity contribution in [1.82, 2.24) is 4.98 Å². The lowest BCUT2D eigenvalue weighted by Crippen LogP contribution is -2.31. The second-order valence-electron chi connectivity index (χ2n) is 7.01. The number of methoxy groups -OCH3 is 1. The molecule has 0 bridgehead atoms. The molecule has 4 rings (SSSR count). The molecule has 4 aromatic rings. The summed E-state index contributed by atoms with van der Waals surface area (Å²) >= 11 is 7.65. The molecular weight excluding hydrogens is 450 g/mol. The fourth-order valence-electron chi connectivity index (χ4n) is 3.41. The maximum absolute atomic E-state index is 13.7. The van der Waals surface area contributed by atoms with Crippen LogP contribution in [0.25, 0.3) is 10.2 Å². The van der Waals surface area contributed by atoms with Gasteiger partial charge in [-0.05, 0) is 30.7 Å². The molecule has 0 atom stereocenters. The van der Waals surface area contributed by atoms with E-state index in [1.165, 1.54) is 28.4 Å². The van der Waals surface area contributed by atoms with Crippen LogP contribution >= 0.6 is 22.9 Å². The predicted octanol–water partition coefficient (Wildman–Crippen LogP) is 6.02. The van der Waals surface area contributed by atoms with Crippen molar-refractivity contribution < 1.29 is 14.5 Å². The van der Waals surface area contributed by atoms with E-state index in [9.17, 15) is 14.9 Å². The first kappa shape index (κ1) is 21.7. The Labute approximate surface area is 193 Å². The summed E-state index contributed by atoms with van der Waals surface area (Å²) in [7, 11) is 1.54. The molecule has 7 nitrogen and oxygen atoms in total. The van der Waals surface area contributed by atoms with Crippen molar-refractivity contribution in [2.24, 2.45) is 0 Å². The zero-order chi connectivity index (χ0) is 22.8. The molecule has 0 saturated carbocycles. The summed E-state index contributed by atoms with van der Waals surface area (Å²) in [6.45, 7) is 1.81. The molecule has 1 amide bonds. The molecule has 0 aliphatic rings. The molecule has 1 heterocycles. The van der Waals surface area contributed by atoms with Crippen LogP contribution in [0.4, 0.5) is 10.8 Å². The second kappa shape index (κ2) is 8.94. The van der Waals surface area contributed by atoms with E-state index in [1.807, 2.05) is 30.3 Å². The Morgan fingerprint density at radius 1 is 1.16 bits per heavy atom. The van der Waals surface area contributed by atoms with E-state index >= 15 is 0 Å². The molecule has 0 radical (unpaired) electrons. The van der Waals surface area contributed by atoms with Gasteiger partial charge >= 0.3 is 0 Å². The van der Waals surface area contributed by atoms with Crippen molar-refractivity contribution in [1.29, 1.82) is 0 Å². The zero-order valence-electron chi connectivity index (χ0n) is 17.2. The van der Waals surface area contributed by atoms with Gasteiger partial charge in [-0.15, -0.1) is 0 Å². The van der Waals surface area contributed by atoms with Crippen molar-refractivity contribution in [3.63, 3.8) is 0 Å². The summed E-state index contributed by atoms with van der Waals surface area (Å²) in [6, 6.07) is 17.4. The van der Waals surface area contributed by atoms with Crippen LogP contribution in [0, 0.1) is 17.0 Å². The Balaban J connectivity index is 1.86. The van der Waals surface area contributed by atoms with E-state index in [1.54, 1.807) is 32.2 Å². The number of hydrogen-bond acceptors (Lipinski definition) is 6. The van der Waals surface area contributed by atoms with Crippen LogP contribution in [0.2, 0.25) is 5.02 Å². The maximum Gasteiger partial charge on any atom is 0.273 e. The number of nitro benzene ring substituents is 1. The summed E-state index contributed by atoms with van der Waals surface area (Å²) in [6.07, 6.45) is 0. The number of nitro groups is 1. The fraction of sp³-hybridized carbons (Fsp3) is 0.130. The Hall–Kier alpha value is -3.49. The number of rotatable bonds is 6. The average Bonchev–Trinajstić information content (AvgIpc) is 3.24. The molecule has 0 saturated heterocycles. The Bertz CT molecular complexity index is 1320. The van der Waals surface area contributed by atoms with Gasteiger partial charge in [0.1, 0.15) is 11.3 Å². The van der Waals surface area contributed by atoms with Gasteiger partial charge in [0.2, 0.25) is 0 Å². The highest BCUT2D eigenvalue weighted by molar-refractivity contribution is 7.23. The molecule has 0 N–H and O–H groups in total.